The second-order valence-electron chi connectivity index (χ2n) is 6.73. The van der Waals surface area contributed by atoms with Gasteiger partial charge in [0, 0.05) is 35.3 Å². The minimum atomic E-state index is -0.530. The number of likely N-dealkylation sites (N-methyl/N-ethyl adjacent to an activating group) is 1. The number of benzene rings is 1. The van der Waals surface area contributed by atoms with E-state index >= 15 is 0 Å². The lowest BCUT2D eigenvalue weighted by Crippen LogP contribution is -2.31. The Hall–Kier alpha value is -2.84. The first-order valence-electron chi connectivity index (χ1n) is 9.22. The molecule has 7 nitrogen and oxygen atoms in total. The molecule has 0 bridgehead atoms. The van der Waals surface area contributed by atoms with Gasteiger partial charge in [-0.3, -0.25) is 14.4 Å². The summed E-state index contributed by atoms with van der Waals surface area (Å²) < 4.78 is 12.3. The Morgan fingerprint density at radius 2 is 1.93 bits per heavy atom. The maximum atomic E-state index is 12.2. The number of hydrogen-bond donors (Lipinski definition) is 0. The second-order valence-corrected chi connectivity index (χ2v) is 7.99. The average molecular weight is 449 g/mol. The molecule has 9 heteroatoms. The lowest BCUT2D eigenvalue weighted by Gasteiger charge is -2.15. The van der Waals surface area contributed by atoms with Crippen LogP contribution in [0.5, 0.6) is 0 Å². The van der Waals surface area contributed by atoms with E-state index in [1.807, 2.05) is 18.2 Å². The van der Waals surface area contributed by atoms with Crippen molar-refractivity contribution in [1.82, 2.24) is 9.47 Å². The predicted molar refractivity (Wildman–Crippen MR) is 115 cm³/mol. The van der Waals surface area contributed by atoms with Crippen molar-refractivity contribution in [2.45, 2.75) is 26.4 Å². The predicted octanol–water partition coefficient (Wildman–Crippen LogP) is 3.72. The zero-order valence-electron chi connectivity index (χ0n) is 16.6. The molecule has 1 amide bonds. The van der Waals surface area contributed by atoms with Gasteiger partial charge in [-0.2, -0.15) is 0 Å². The smallest absolute Gasteiger partial charge is 0.308 e. The molecule has 0 spiro atoms. The molecule has 0 aliphatic rings. The van der Waals surface area contributed by atoms with Gasteiger partial charge in [0.25, 0.3) is 5.91 Å². The number of carbonyl (C=O) groups is 2. The number of nitrogens with zero attached hydrogens (tertiary/aromatic N) is 2. The lowest BCUT2D eigenvalue weighted by atomic mass is 10.2. The molecular formula is C21H21ClN2O5S. The van der Waals surface area contributed by atoms with Crippen LogP contribution in [0.1, 0.15) is 17.9 Å². The van der Waals surface area contributed by atoms with Crippen LogP contribution in [0.2, 0.25) is 5.02 Å². The van der Waals surface area contributed by atoms with Gasteiger partial charge in [-0.25, -0.2) is 0 Å². The fraction of sp³-hybridized carbons (Fsp3) is 0.286. The second kappa shape index (κ2) is 9.77. The minimum absolute atomic E-state index is 0.0249. The summed E-state index contributed by atoms with van der Waals surface area (Å²) in [6.07, 6.45) is 0.0249. The van der Waals surface area contributed by atoms with Crippen molar-refractivity contribution in [2.24, 2.45) is 0 Å². The van der Waals surface area contributed by atoms with Gasteiger partial charge >= 0.3 is 10.8 Å². The SMILES string of the molecule is Cc1csc(=O)n1CCC(=O)OCC(=O)N(C)Cc1ccc(-c2ccc(Cl)cc2)o1. The molecule has 158 valence electrons. The number of thiazole rings is 1. The van der Waals surface area contributed by atoms with Crippen molar-refractivity contribution in [1.29, 1.82) is 0 Å². The molecule has 2 aromatic heterocycles. The molecule has 0 atom stereocenters. The topological polar surface area (TPSA) is 81.8 Å². The van der Waals surface area contributed by atoms with Gasteiger partial charge in [0.2, 0.25) is 0 Å². The van der Waals surface area contributed by atoms with E-state index in [4.69, 9.17) is 20.8 Å². The van der Waals surface area contributed by atoms with Crippen LogP contribution >= 0.6 is 22.9 Å². The highest BCUT2D eigenvalue weighted by Crippen LogP contribution is 2.24. The van der Waals surface area contributed by atoms with E-state index in [0.717, 1.165) is 22.6 Å². The monoisotopic (exact) mass is 448 g/mol. The van der Waals surface area contributed by atoms with E-state index in [2.05, 4.69) is 0 Å². The van der Waals surface area contributed by atoms with E-state index in [1.165, 1.54) is 9.47 Å². The molecule has 1 aromatic carbocycles. The molecule has 0 unspecified atom stereocenters. The number of esters is 1. The molecule has 0 aliphatic carbocycles. The van der Waals surface area contributed by atoms with Crippen molar-refractivity contribution in [3.8, 4) is 11.3 Å². The van der Waals surface area contributed by atoms with Crippen molar-refractivity contribution in [2.75, 3.05) is 13.7 Å². The molecule has 0 fully saturated rings. The summed E-state index contributed by atoms with van der Waals surface area (Å²) in [5.41, 5.74) is 1.68. The third-order valence-corrected chi connectivity index (χ3v) is 5.61. The highest BCUT2D eigenvalue weighted by molar-refractivity contribution is 7.07. The molecular weight excluding hydrogens is 428 g/mol. The molecule has 0 N–H and O–H groups in total. The largest absolute Gasteiger partial charge is 0.459 e. The summed E-state index contributed by atoms with van der Waals surface area (Å²) in [7, 11) is 1.61. The first-order chi connectivity index (χ1) is 14.3. The van der Waals surface area contributed by atoms with Crippen LogP contribution in [0, 0.1) is 6.92 Å². The molecule has 30 heavy (non-hydrogen) atoms. The quantitative estimate of drug-likeness (QED) is 0.490. The maximum Gasteiger partial charge on any atom is 0.308 e. The summed E-state index contributed by atoms with van der Waals surface area (Å²) in [4.78, 5) is 37.1. The van der Waals surface area contributed by atoms with Crippen molar-refractivity contribution in [3.05, 3.63) is 67.9 Å². The van der Waals surface area contributed by atoms with Crippen molar-refractivity contribution < 1.29 is 18.7 Å². The van der Waals surface area contributed by atoms with E-state index in [9.17, 15) is 14.4 Å². The van der Waals surface area contributed by atoms with Gasteiger partial charge in [0.15, 0.2) is 6.61 Å². The number of furan rings is 1. The van der Waals surface area contributed by atoms with E-state index < -0.39 is 5.97 Å². The fourth-order valence-corrected chi connectivity index (χ4v) is 3.64. The number of halogens is 1. The maximum absolute atomic E-state index is 12.2. The number of ether oxygens (including phenoxy) is 1. The number of rotatable bonds is 8. The van der Waals surface area contributed by atoms with E-state index in [-0.39, 0.29) is 36.9 Å². The Bertz CT molecular complexity index is 1080. The van der Waals surface area contributed by atoms with Crippen LogP contribution in [-0.4, -0.2) is 35.0 Å². The van der Waals surface area contributed by atoms with Gasteiger partial charge in [-0.1, -0.05) is 22.9 Å². The van der Waals surface area contributed by atoms with E-state index in [1.54, 1.807) is 37.6 Å². The number of aryl methyl sites for hydroxylation is 1. The minimum Gasteiger partial charge on any atom is -0.459 e. The third-order valence-electron chi connectivity index (χ3n) is 4.48. The van der Waals surface area contributed by atoms with Crippen LogP contribution in [0.3, 0.4) is 0 Å². The highest BCUT2D eigenvalue weighted by Gasteiger charge is 2.15. The van der Waals surface area contributed by atoms with Crippen LogP contribution in [0.15, 0.2) is 51.0 Å². The van der Waals surface area contributed by atoms with E-state index in [0.29, 0.717) is 16.5 Å². The first-order valence-corrected chi connectivity index (χ1v) is 10.5. The Labute approximate surface area is 182 Å². The summed E-state index contributed by atoms with van der Waals surface area (Å²) in [6.45, 7) is 1.91. The number of hydrogen-bond acceptors (Lipinski definition) is 6. The Balaban J connectivity index is 1.46. The summed E-state index contributed by atoms with van der Waals surface area (Å²) in [5.74, 6) is 0.399. The van der Waals surface area contributed by atoms with Crippen LogP contribution in [0.4, 0.5) is 0 Å². The molecule has 3 rings (SSSR count). The zero-order chi connectivity index (χ0) is 21.7. The Morgan fingerprint density at radius 1 is 1.20 bits per heavy atom. The molecule has 0 radical (unpaired) electrons. The number of aromatic nitrogens is 1. The molecule has 3 aromatic rings. The van der Waals surface area contributed by atoms with Gasteiger partial charge in [0.05, 0.1) is 13.0 Å². The summed E-state index contributed by atoms with van der Waals surface area (Å²) in [6, 6.07) is 10.9. The normalized spacial score (nSPS) is 10.8. The van der Waals surface area contributed by atoms with Crippen molar-refractivity contribution in [3.63, 3.8) is 0 Å². The van der Waals surface area contributed by atoms with Gasteiger partial charge in [-0.15, -0.1) is 0 Å². The first kappa shape index (κ1) is 21.9. The standard InChI is InChI=1S/C21H21ClN2O5S/c1-14-13-30-21(27)24(14)10-9-20(26)28-12-19(25)23(2)11-17-7-8-18(29-17)15-3-5-16(22)6-4-15/h3-8,13H,9-12H2,1-2H3. The number of amides is 1. The van der Waals surface area contributed by atoms with Crippen LogP contribution in [-0.2, 0) is 27.4 Å². The van der Waals surface area contributed by atoms with Crippen molar-refractivity contribution >= 4 is 34.8 Å². The average Bonchev–Trinajstić information content (AvgIpc) is 3.31. The highest BCUT2D eigenvalue weighted by atomic mass is 35.5. The molecule has 0 saturated heterocycles. The van der Waals surface area contributed by atoms with Crippen LogP contribution in [0.25, 0.3) is 11.3 Å². The lowest BCUT2D eigenvalue weighted by molar-refractivity contribution is -0.152. The number of carbonyl (C=O) groups excluding carboxylic acids is 2. The fourth-order valence-electron chi connectivity index (χ4n) is 2.76. The van der Waals surface area contributed by atoms with Gasteiger partial charge < -0.3 is 18.6 Å². The van der Waals surface area contributed by atoms with Gasteiger partial charge in [-0.05, 0) is 43.3 Å². The Morgan fingerprint density at radius 3 is 2.60 bits per heavy atom. The molecule has 0 saturated carbocycles. The molecule has 0 aliphatic heterocycles. The van der Waals surface area contributed by atoms with Gasteiger partial charge in [0.1, 0.15) is 11.5 Å². The van der Waals surface area contributed by atoms with Crippen LogP contribution < -0.4 is 4.87 Å². The Kier molecular flexibility index (Phi) is 7.12. The third kappa shape index (κ3) is 5.61. The summed E-state index contributed by atoms with van der Waals surface area (Å²) in [5, 5.41) is 2.38. The zero-order valence-corrected chi connectivity index (χ0v) is 18.2. The summed E-state index contributed by atoms with van der Waals surface area (Å²) >= 11 is 6.98. The molecule has 2 heterocycles.